The molecular weight excluding hydrogens is 187 g/mol. The summed E-state index contributed by atoms with van der Waals surface area (Å²) in [6.45, 7) is 1.20. The Hall–Kier alpha value is -0.171. The Morgan fingerprint density at radius 2 is 1.40 bits per heavy atom. The average molecular weight is 199 g/mol. The van der Waals surface area contributed by atoms with Crippen molar-refractivity contribution in [2.75, 3.05) is 0 Å². The second-order valence-electron chi connectivity index (χ2n) is 1.01. The van der Waals surface area contributed by atoms with Gasteiger partial charge < -0.3 is 26.6 Å². The van der Waals surface area contributed by atoms with Crippen LogP contribution in [0.4, 0.5) is 0 Å². The predicted octanol–water partition coefficient (Wildman–Crippen LogP) is -3.02. The molecule has 0 aliphatic carbocycles. The summed E-state index contributed by atoms with van der Waals surface area (Å²) < 4.78 is 0. The summed E-state index contributed by atoms with van der Waals surface area (Å²) in [5.41, 5.74) is 0. The molecule has 1 atom stereocenters. The molecule has 0 amide bonds. The van der Waals surface area contributed by atoms with E-state index in [0.29, 0.717) is 0 Å². The van der Waals surface area contributed by atoms with Crippen molar-refractivity contribution in [3.63, 3.8) is 0 Å². The quantitative estimate of drug-likeness (QED) is 0.432. The summed E-state index contributed by atoms with van der Waals surface area (Å²) in [6, 6.07) is 0. The molecule has 10 heavy (non-hydrogen) atoms. The van der Waals surface area contributed by atoms with Crippen molar-refractivity contribution in [3.8, 4) is 0 Å². The first-order chi connectivity index (χ1) is 2.64. The summed E-state index contributed by atoms with van der Waals surface area (Å²) in [5, 5.41) is 15.8. The first kappa shape index (κ1) is 32.9. The van der Waals surface area contributed by atoms with Gasteiger partial charge in [0.2, 0.25) is 0 Å². The summed E-state index contributed by atoms with van der Waals surface area (Å²) >= 11 is 0. The third-order valence-corrected chi connectivity index (χ3v) is 0.357. The van der Waals surface area contributed by atoms with Gasteiger partial charge in [-0.3, -0.25) is 0 Å². The van der Waals surface area contributed by atoms with Crippen molar-refractivity contribution in [3.05, 3.63) is 0 Å². The van der Waals surface area contributed by atoms with E-state index in [0.717, 1.165) is 0 Å². The fourth-order valence-electron chi connectivity index (χ4n) is 0. The number of aliphatic hydroxyl groups is 1. The van der Waals surface area contributed by atoms with Crippen LogP contribution in [0, 0.1) is 0 Å². The van der Waals surface area contributed by atoms with Crippen LogP contribution in [0.25, 0.3) is 0 Å². The van der Waals surface area contributed by atoms with Crippen molar-refractivity contribution in [2.24, 2.45) is 0 Å². The molecule has 0 aromatic rings. The molecular formula is C3H12MnO6. The Labute approximate surface area is 68.3 Å². The van der Waals surface area contributed by atoms with Crippen LogP contribution in [0.5, 0.6) is 0 Å². The van der Waals surface area contributed by atoms with Crippen LogP contribution in [0.1, 0.15) is 6.92 Å². The minimum atomic E-state index is -1.23. The normalized spacial score (nSPS) is 8.20. The molecule has 0 heterocycles. The molecule has 7 heteroatoms. The standard InChI is InChI=1S/C3H6O3.Mn.3H2O/c1-2(4)3(5)6;;;;/h2,4H,1H3,(H,5,6);;3*1H2. The van der Waals surface area contributed by atoms with Crippen LogP contribution in [0.2, 0.25) is 0 Å². The van der Waals surface area contributed by atoms with E-state index in [9.17, 15) is 4.79 Å². The maximum Gasteiger partial charge on any atom is 0.332 e. The molecule has 0 saturated carbocycles. The third-order valence-electron chi connectivity index (χ3n) is 0.357. The first-order valence-electron chi connectivity index (χ1n) is 1.55. The largest absolute Gasteiger partial charge is 0.479 e. The molecule has 0 aliphatic rings. The first-order valence-corrected chi connectivity index (χ1v) is 1.55. The minimum Gasteiger partial charge on any atom is -0.479 e. The Balaban J connectivity index is -0.0000000208. The van der Waals surface area contributed by atoms with Gasteiger partial charge in [-0.05, 0) is 6.92 Å². The van der Waals surface area contributed by atoms with Crippen LogP contribution in [-0.2, 0) is 21.9 Å². The molecule has 0 fully saturated rings. The molecule has 0 rings (SSSR count). The maximum absolute atomic E-state index is 9.45. The van der Waals surface area contributed by atoms with E-state index in [1.807, 2.05) is 0 Å². The van der Waals surface area contributed by atoms with E-state index >= 15 is 0 Å². The van der Waals surface area contributed by atoms with Crippen LogP contribution >= 0.6 is 0 Å². The zero-order valence-electron chi connectivity index (χ0n) is 5.26. The maximum atomic E-state index is 9.45. The summed E-state index contributed by atoms with van der Waals surface area (Å²) in [5.74, 6) is -1.19. The van der Waals surface area contributed by atoms with Gasteiger partial charge in [0, 0.05) is 17.1 Å². The molecule has 1 unspecified atom stereocenters. The molecule has 0 aromatic carbocycles. The molecule has 0 aliphatic heterocycles. The van der Waals surface area contributed by atoms with Crippen molar-refractivity contribution < 1.29 is 48.5 Å². The van der Waals surface area contributed by atoms with Gasteiger partial charge in [0.25, 0.3) is 0 Å². The fraction of sp³-hybridized carbons (Fsp3) is 0.667. The van der Waals surface area contributed by atoms with E-state index in [1.54, 1.807) is 0 Å². The van der Waals surface area contributed by atoms with E-state index < -0.39 is 12.1 Å². The smallest absolute Gasteiger partial charge is 0.332 e. The van der Waals surface area contributed by atoms with Crippen LogP contribution < -0.4 is 0 Å². The van der Waals surface area contributed by atoms with Gasteiger partial charge in [-0.2, -0.15) is 0 Å². The molecule has 1 radical (unpaired) electrons. The SMILES string of the molecule is CC(O)C(=O)O.O.O.O.[Mn]. The second-order valence-corrected chi connectivity index (χ2v) is 1.01. The second kappa shape index (κ2) is 15.9. The summed E-state index contributed by atoms with van der Waals surface area (Å²) in [6.07, 6.45) is -1.23. The Morgan fingerprint density at radius 1 is 1.30 bits per heavy atom. The van der Waals surface area contributed by atoms with Gasteiger partial charge in [-0.15, -0.1) is 0 Å². The number of hydrogen-bond donors (Lipinski definition) is 2. The summed E-state index contributed by atoms with van der Waals surface area (Å²) in [4.78, 5) is 9.45. The molecule has 8 N–H and O–H groups in total. The average Bonchev–Trinajstić information content (AvgIpc) is 1.36. The molecule has 0 aromatic heterocycles. The topological polar surface area (TPSA) is 152 Å². The van der Waals surface area contributed by atoms with E-state index in [1.165, 1.54) is 6.92 Å². The molecule has 6 nitrogen and oxygen atoms in total. The zero-order valence-corrected chi connectivity index (χ0v) is 6.44. The van der Waals surface area contributed by atoms with Crippen LogP contribution in [0.15, 0.2) is 0 Å². The molecule has 67 valence electrons. The van der Waals surface area contributed by atoms with E-state index in [2.05, 4.69) is 0 Å². The van der Waals surface area contributed by atoms with Gasteiger partial charge in [-0.1, -0.05) is 0 Å². The zero-order chi connectivity index (χ0) is 5.15. The van der Waals surface area contributed by atoms with Crippen molar-refractivity contribution >= 4 is 5.97 Å². The Morgan fingerprint density at radius 3 is 1.40 bits per heavy atom. The van der Waals surface area contributed by atoms with Gasteiger partial charge >= 0.3 is 5.97 Å². The molecule has 0 bridgehead atoms. The predicted molar refractivity (Wildman–Crippen MR) is 30.2 cm³/mol. The fourth-order valence-corrected chi connectivity index (χ4v) is 0. The van der Waals surface area contributed by atoms with Crippen molar-refractivity contribution in [1.82, 2.24) is 0 Å². The van der Waals surface area contributed by atoms with Crippen LogP contribution in [0.3, 0.4) is 0 Å². The number of aliphatic hydroxyl groups excluding tert-OH is 1. The number of rotatable bonds is 1. The Kier molecular flexibility index (Phi) is 52.3. The van der Waals surface area contributed by atoms with Crippen molar-refractivity contribution in [1.29, 1.82) is 0 Å². The third kappa shape index (κ3) is 24.9. The van der Waals surface area contributed by atoms with Crippen molar-refractivity contribution in [2.45, 2.75) is 13.0 Å². The number of hydrogen-bond acceptors (Lipinski definition) is 2. The van der Waals surface area contributed by atoms with E-state index in [-0.39, 0.29) is 33.5 Å². The number of aliphatic carboxylic acids is 1. The summed E-state index contributed by atoms with van der Waals surface area (Å²) in [7, 11) is 0. The molecule has 0 spiro atoms. The van der Waals surface area contributed by atoms with Gasteiger partial charge in [0.05, 0.1) is 0 Å². The monoisotopic (exact) mass is 199 g/mol. The van der Waals surface area contributed by atoms with Gasteiger partial charge in [-0.25, -0.2) is 4.79 Å². The van der Waals surface area contributed by atoms with Gasteiger partial charge in [0.15, 0.2) is 0 Å². The Bertz CT molecular complexity index is 64.0. The molecule has 0 saturated heterocycles. The number of carboxylic acid groups (broad SMARTS) is 1. The van der Waals surface area contributed by atoms with Gasteiger partial charge in [0.1, 0.15) is 6.10 Å². The number of carbonyl (C=O) groups is 1. The van der Waals surface area contributed by atoms with Crippen LogP contribution in [-0.4, -0.2) is 38.7 Å². The number of carboxylic acids is 1. The minimum absolute atomic E-state index is 0. The van der Waals surface area contributed by atoms with E-state index in [4.69, 9.17) is 10.2 Å².